The zero-order chi connectivity index (χ0) is 14.9. The van der Waals surface area contributed by atoms with Crippen molar-refractivity contribution in [3.63, 3.8) is 0 Å². The number of hydrogen-bond acceptors (Lipinski definition) is 2. The van der Waals surface area contributed by atoms with Crippen LogP contribution in [0, 0.1) is 23.5 Å². The quantitative estimate of drug-likeness (QED) is 0.799. The zero-order valence-corrected chi connectivity index (χ0v) is 11.5. The summed E-state index contributed by atoms with van der Waals surface area (Å²) >= 11 is 0. The molecule has 1 aromatic carbocycles. The molecule has 0 aliphatic carbocycles. The van der Waals surface area contributed by atoms with Crippen LogP contribution in [0.3, 0.4) is 0 Å². The maximum absolute atomic E-state index is 13.3. The highest BCUT2D eigenvalue weighted by atomic mass is 19.2. The van der Waals surface area contributed by atoms with E-state index in [9.17, 15) is 18.4 Å². The minimum atomic E-state index is -0.993. The third-order valence-corrected chi connectivity index (χ3v) is 3.57. The first-order valence-corrected chi connectivity index (χ1v) is 6.72. The lowest BCUT2D eigenvalue weighted by molar-refractivity contribution is -0.135. The van der Waals surface area contributed by atoms with E-state index < -0.39 is 17.6 Å². The maximum Gasteiger partial charge on any atom is 0.237 e. The number of nitrogens with zero attached hydrogens (tertiary/aromatic N) is 1. The lowest BCUT2D eigenvalue weighted by Gasteiger charge is -2.32. The van der Waals surface area contributed by atoms with Crippen LogP contribution in [-0.4, -0.2) is 18.2 Å². The highest BCUT2D eigenvalue weighted by Gasteiger charge is 2.35. The van der Waals surface area contributed by atoms with E-state index >= 15 is 0 Å². The van der Waals surface area contributed by atoms with Crippen LogP contribution in [-0.2, 0) is 9.59 Å². The molecule has 0 radical (unpaired) electrons. The average Bonchev–Trinajstić information content (AvgIpc) is 2.41. The molecule has 20 heavy (non-hydrogen) atoms. The van der Waals surface area contributed by atoms with Crippen LogP contribution in [0.1, 0.15) is 26.7 Å². The van der Waals surface area contributed by atoms with Gasteiger partial charge >= 0.3 is 0 Å². The number of ketones is 1. The molecule has 1 aliphatic rings. The Labute approximate surface area is 116 Å². The minimum Gasteiger partial charge on any atom is -0.312 e. The van der Waals surface area contributed by atoms with E-state index in [-0.39, 0.29) is 17.6 Å². The van der Waals surface area contributed by atoms with Crippen LogP contribution in [0.4, 0.5) is 14.5 Å². The molecule has 1 aliphatic heterocycles. The lowest BCUT2D eigenvalue weighted by atomic mass is 9.87. The van der Waals surface area contributed by atoms with Crippen molar-refractivity contribution < 1.29 is 18.4 Å². The Bertz CT molecular complexity index is 543. The van der Waals surface area contributed by atoms with Gasteiger partial charge in [-0.05, 0) is 25.0 Å². The lowest BCUT2D eigenvalue weighted by Crippen LogP contribution is -2.45. The normalized spacial score (nSPS) is 19.6. The monoisotopic (exact) mass is 281 g/mol. The second-order valence-corrected chi connectivity index (χ2v) is 5.34. The number of Topliss-reactive ketones (excluding diaryl/α,β-unsaturated/α-hetero) is 1. The van der Waals surface area contributed by atoms with Gasteiger partial charge in [0.05, 0.1) is 5.92 Å². The number of hydrogen-bond donors (Lipinski definition) is 0. The Hall–Kier alpha value is -1.78. The van der Waals surface area contributed by atoms with Crippen LogP contribution >= 0.6 is 0 Å². The SMILES string of the molecule is CC(C)C(=O)[C@@H]1CCCN(c2ccc(F)c(F)c2)C1=O. The highest BCUT2D eigenvalue weighted by Crippen LogP contribution is 2.27. The molecular formula is C15H17F2NO2. The molecule has 1 amide bonds. The van der Waals surface area contributed by atoms with Crippen LogP contribution < -0.4 is 4.90 Å². The van der Waals surface area contributed by atoms with Crippen LogP contribution in [0.2, 0.25) is 0 Å². The second kappa shape index (κ2) is 5.69. The molecule has 0 aromatic heterocycles. The van der Waals surface area contributed by atoms with Crippen molar-refractivity contribution in [3.05, 3.63) is 29.8 Å². The van der Waals surface area contributed by atoms with Crippen molar-refractivity contribution in [2.24, 2.45) is 11.8 Å². The molecule has 0 unspecified atom stereocenters. The molecule has 108 valence electrons. The summed E-state index contributed by atoms with van der Waals surface area (Å²) in [5.74, 6) is -3.24. The first-order valence-electron chi connectivity index (χ1n) is 6.72. The molecule has 0 N–H and O–H groups in total. The summed E-state index contributed by atoms with van der Waals surface area (Å²) < 4.78 is 26.2. The highest BCUT2D eigenvalue weighted by molar-refractivity contribution is 6.09. The number of piperidine rings is 1. The van der Waals surface area contributed by atoms with Crippen molar-refractivity contribution in [2.75, 3.05) is 11.4 Å². The fraction of sp³-hybridized carbons (Fsp3) is 0.467. The van der Waals surface area contributed by atoms with Crippen LogP contribution in [0.25, 0.3) is 0 Å². The Morgan fingerprint density at radius 3 is 2.60 bits per heavy atom. The number of carbonyl (C=O) groups is 2. The van der Waals surface area contributed by atoms with E-state index in [4.69, 9.17) is 0 Å². The first-order chi connectivity index (χ1) is 9.41. The van der Waals surface area contributed by atoms with Gasteiger partial charge in [-0.1, -0.05) is 13.8 Å². The number of amides is 1. The van der Waals surface area contributed by atoms with Gasteiger partial charge in [0.25, 0.3) is 0 Å². The van der Waals surface area contributed by atoms with Gasteiger partial charge in [0.1, 0.15) is 5.78 Å². The molecule has 1 heterocycles. The third-order valence-electron chi connectivity index (χ3n) is 3.57. The summed E-state index contributed by atoms with van der Waals surface area (Å²) in [7, 11) is 0. The molecule has 2 rings (SSSR count). The molecule has 1 aromatic rings. The number of halogens is 2. The average molecular weight is 281 g/mol. The van der Waals surface area contributed by atoms with Crippen molar-refractivity contribution in [1.29, 1.82) is 0 Å². The summed E-state index contributed by atoms with van der Waals surface area (Å²) in [6, 6.07) is 3.35. The van der Waals surface area contributed by atoms with Gasteiger partial charge in [0, 0.05) is 24.2 Å². The van der Waals surface area contributed by atoms with Crippen molar-refractivity contribution in [2.45, 2.75) is 26.7 Å². The van der Waals surface area contributed by atoms with Gasteiger partial charge in [-0.25, -0.2) is 8.78 Å². The second-order valence-electron chi connectivity index (χ2n) is 5.34. The van der Waals surface area contributed by atoms with Gasteiger partial charge in [0.2, 0.25) is 5.91 Å². The summed E-state index contributed by atoms with van der Waals surface area (Å²) in [5.41, 5.74) is 0.301. The summed E-state index contributed by atoms with van der Waals surface area (Å²) in [6.45, 7) is 3.93. The van der Waals surface area contributed by atoms with Gasteiger partial charge in [-0.3, -0.25) is 9.59 Å². The Balaban J connectivity index is 2.26. The number of anilines is 1. The maximum atomic E-state index is 13.3. The van der Waals surface area contributed by atoms with Crippen molar-refractivity contribution in [3.8, 4) is 0 Å². The molecule has 1 saturated heterocycles. The largest absolute Gasteiger partial charge is 0.312 e. The smallest absolute Gasteiger partial charge is 0.237 e. The van der Waals surface area contributed by atoms with Gasteiger partial charge < -0.3 is 4.90 Å². The van der Waals surface area contributed by atoms with Gasteiger partial charge in [-0.15, -0.1) is 0 Å². The fourth-order valence-electron chi connectivity index (χ4n) is 2.45. The van der Waals surface area contributed by atoms with E-state index in [0.717, 1.165) is 12.1 Å². The van der Waals surface area contributed by atoms with E-state index in [1.165, 1.54) is 11.0 Å². The molecule has 1 fully saturated rings. The molecule has 3 nitrogen and oxygen atoms in total. The third kappa shape index (κ3) is 2.71. The topological polar surface area (TPSA) is 37.4 Å². The van der Waals surface area contributed by atoms with E-state index in [2.05, 4.69) is 0 Å². The van der Waals surface area contributed by atoms with Crippen molar-refractivity contribution in [1.82, 2.24) is 0 Å². The van der Waals surface area contributed by atoms with Gasteiger partial charge in [0.15, 0.2) is 11.6 Å². The first kappa shape index (κ1) is 14.6. The predicted octanol–water partition coefficient (Wildman–Crippen LogP) is 2.93. The predicted molar refractivity (Wildman–Crippen MR) is 71.3 cm³/mol. The minimum absolute atomic E-state index is 0.0951. The number of carbonyl (C=O) groups excluding carboxylic acids is 2. The molecule has 5 heteroatoms. The van der Waals surface area contributed by atoms with Crippen LogP contribution in [0.5, 0.6) is 0 Å². The molecule has 0 saturated carbocycles. The number of rotatable bonds is 3. The molecule has 1 atom stereocenters. The molecular weight excluding hydrogens is 264 g/mol. The van der Waals surface area contributed by atoms with Crippen molar-refractivity contribution >= 4 is 17.4 Å². The van der Waals surface area contributed by atoms with E-state index in [1.807, 2.05) is 0 Å². The van der Waals surface area contributed by atoms with E-state index in [0.29, 0.717) is 25.1 Å². The van der Waals surface area contributed by atoms with Crippen LogP contribution in [0.15, 0.2) is 18.2 Å². The Kier molecular flexibility index (Phi) is 4.16. The number of benzene rings is 1. The standard InChI is InChI=1S/C15H17F2NO2/c1-9(2)14(19)11-4-3-7-18(15(11)20)10-5-6-12(16)13(17)8-10/h5-6,8-9,11H,3-4,7H2,1-2H3/t11-/m0/s1. The summed E-state index contributed by atoms with van der Waals surface area (Å²) in [4.78, 5) is 25.8. The summed E-state index contributed by atoms with van der Waals surface area (Å²) in [6.07, 6.45) is 1.20. The Morgan fingerprint density at radius 1 is 1.30 bits per heavy atom. The Morgan fingerprint density at radius 2 is 2.00 bits per heavy atom. The van der Waals surface area contributed by atoms with E-state index in [1.54, 1.807) is 13.8 Å². The summed E-state index contributed by atoms with van der Waals surface area (Å²) in [5, 5.41) is 0. The molecule has 0 spiro atoms. The molecule has 0 bridgehead atoms. The fourth-order valence-corrected chi connectivity index (χ4v) is 2.45. The van der Waals surface area contributed by atoms with Gasteiger partial charge in [-0.2, -0.15) is 0 Å². The zero-order valence-electron chi connectivity index (χ0n) is 11.5.